The number of benzene rings is 2. The standard InChI is InChI=1S/C22H26N2O4S2/c1-15(21(25)23-12-6-9-17-7-4-3-5-8-17)14-30(27,28)18-10-11-20-19(13-18)24-22(26)16(2)29-20/h3-5,7-8,10-11,13,15-16H,6,9,12,14H2,1-2H3,(H,23,25)(H,24,26). The molecule has 1 aliphatic rings. The topological polar surface area (TPSA) is 92.3 Å². The molecule has 0 bridgehead atoms. The minimum absolute atomic E-state index is 0.112. The van der Waals surface area contributed by atoms with E-state index in [2.05, 4.69) is 10.6 Å². The predicted octanol–water partition coefficient (Wildman–Crippen LogP) is 3.28. The quantitative estimate of drug-likeness (QED) is 0.607. The second-order valence-corrected chi connectivity index (χ2v) is 10.9. The molecule has 0 saturated carbocycles. The number of amides is 2. The van der Waals surface area contributed by atoms with Gasteiger partial charge in [0.25, 0.3) is 0 Å². The van der Waals surface area contributed by atoms with Gasteiger partial charge in [-0.1, -0.05) is 37.3 Å². The Morgan fingerprint density at radius 3 is 2.67 bits per heavy atom. The average molecular weight is 447 g/mol. The summed E-state index contributed by atoms with van der Waals surface area (Å²) < 4.78 is 25.6. The Bertz CT molecular complexity index is 1020. The molecule has 0 spiro atoms. The lowest BCUT2D eigenvalue weighted by Crippen LogP contribution is -2.34. The zero-order valence-electron chi connectivity index (χ0n) is 17.1. The van der Waals surface area contributed by atoms with Crippen molar-refractivity contribution in [1.29, 1.82) is 0 Å². The molecule has 0 fully saturated rings. The van der Waals surface area contributed by atoms with Gasteiger partial charge in [-0.2, -0.15) is 0 Å². The van der Waals surface area contributed by atoms with Crippen LogP contribution in [-0.4, -0.2) is 37.8 Å². The Balaban J connectivity index is 1.54. The third-order valence-corrected chi connectivity index (χ3v) is 8.03. The lowest BCUT2D eigenvalue weighted by Gasteiger charge is -2.22. The molecule has 8 heteroatoms. The molecule has 6 nitrogen and oxygen atoms in total. The molecule has 1 heterocycles. The van der Waals surface area contributed by atoms with Gasteiger partial charge in [0.2, 0.25) is 11.8 Å². The van der Waals surface area contributed by atoms with Crippen molar-refractivity contribution in [1.82, 2.24) is 5.32 Å². The van der Waals surface area contributed by atoms with Crippen LogP contribution < -0.4 is 10.6 Å². The van der Waals surface area contributed by atoms with Crippen molar-refractivity contribution in [3.63, 3.8) is 0 Å². The lowest BCUT2D eigenvalue weighted by molar-refractivity contribution is -0.123. The summed E-state index contributed by atoms with van der Waals surface area (Å²) in [7, 11) is -3.66. The number of nitrogens with one attached hydrogen (secondary N) is 2. The Labute approximate surface area is 181 Å². The fraction of sp³-hybridized carbons (Fsp3) is 0.364. The molecule has 30 heavy (non-hydrogen) atoms. The highest BCUT2D eigenvalue weighted by molar-refractivity contribution is 8.01. The minimum Gasteiger partial charge on any atom is -0.356 e. The van der Waals surface area contributed by atoms with Gasteiger partial charge in [0.05, 0.1) is 21.6 Å². The molecular weight excluding hydrogens is 420 g/mol. The number of rotatable bonds is 8. The Morgan fingerprint density at radius 1 is 1.20 bits per heavy atom. The van der Waals surface area contributed by atoms with E-state index in [-0.39, 0.29) is 27.7 Å². The van der Waals surface area contributed by atoms with E-state index < -0.39 is 15.8 Å². The molecule has 2 aromatic rings. The first kappa shape index (κ1) is 22.4. The Kier molecular flexibility index (Phi) is 7.20. The lowest BCUT2D eigenvalue weighted by atomic mass is 10.1. The molecule has 3 rings (SSSR count). The average Bonchev–Trinajstić information content (AvgIpc) is 2.72. The van der Waals surface area contributed by atoms with E-state index in [1.54, 1.807) is 19.9 Å². The molecule has 2 atom stereocenters. The third kappa shape index (κ3) is 5.64. The molecule has 1 aliphatic heterocycles. The first-order valence-corrected chi connectivity index (χ1v) is 12.5. The van der Waals surface area contributed by atoms with Crippen LogP contribution in [0, 0.1) is 5.92 Å². The first-order valence-electron chi connectivity index (χ1n) is 9.92. The van der Waals surface area contributed by atoms with E-state index in [1.165, 1.54) is 29.5 Å². The van der Waals surface area contributed by atoms with E-state index in [0.29, 0.717) is 12.2 Å². The minimum atomic E-state index is -3.66. The maximum absolute atomic E-state index is 12.8. The molecule has 2 unspecified atom stereocenters. The largest absolute Gasteiger partial charge is 0.356 e. The van der Waals surface area contributed by atoms with Crippen molar-refractivity contribution in [3.05, 3.63) is 54.1 Å². The van der Waals surface area contributed by atoms with Crippen molar-refractivity contribution in [2.75, 3.05) is 17.6 Å². The highest BCUT2D eigenvalue weighted by atomic mass is 32.2. The summed E-state index contributed by atoms with van der Waals surface area (Å²) in [5.41, 5.74) is 1.71. The maximum atomic E-state index is 12.8. The molecule has 0 aromatic heterocycles. The summed E-state index contributed by atoms with van der Waals surface area (Å²) in [5.74, 6) is -1.38. The van der Waals surface area contributed by atoms with Crippen molar-refractivity contribution < 1.29 is 18.0 Å². The van der Waals surface area contributed by atoms with Crippen LogP contribution in [0.2, 0.25) is 0 Å². The van der Waals surface area contributed by atoms with Gasteiger partial charge in [-0.15, -0.1) is 11.8 Å². The summed E-state index contributed by atoms with van der Waals surface area (Å²) >= 11 is 1.40. The second-order valence-electron chi connectivity index (χ2n) is 7.47. The maximum Gasteiger partial charge on any atom is 0.237 e. The van der Waals surface area contributed by atoms with Gasteiger partial charge in [-0.25, -0.2) is 8.42 Å². The highest BCUT2D eigenvalue weighted by Crippen LogP contribution is 2.37. The fourth-order valence-corrected chi connectivity index (χ4v) is 5.71. The van der Waals surface area contributed by atoms with Crippen LogP contribution >= 0.6 is 11.8 Å². The van der Waals surface area contributed by atoms with Crippen molar-refractivity contribution in [3.8, 4) is 0 Å². The Hall–Kier alpha value is -2.32. The predicted molar refractivity (Wildman–Crippen MR) is 119 cm³/mol. The normalized spacial score (nSPS) is 17.0. The zero-order valence-corrected chi connectivity index (χ0v) is 18.7. The van der Waals surface area contributed by atoms with E-state index in [9.17, 15) is 18.0 Å². The summed E-state index contributed by atoms with van der Waals surface area (Å²) in [6.45, 7) is 3.91. The van der Waals surface area contributed by atoms with Crippen LogP contribution in [0.3, 0.4) is 0 Å². The molecule has 2 aromatic carbocycles. The number of fused-ring (bicyclic) bond motifs is 1. The zero-order chi connectivity index (χ0) is 21.7. The number of thioether (sulfide) groups is 1. The number of aryl methyl sites for hydroxylation is 1. The van der Waals surface area contributed by atoms with Gasteiger partial charge >= 0.3 is 0 Å². The number of hydrogen-bond acceptors (Lipinski definition) is 5. The third-order valence-electron chi connectivity index (χ3n) is 4.94. The summed E-state index contributed by atoms with van der Waals surface area (Å²) in [6.07, 6.45) is 1.64. The highest BCUT2D eigenvalue weighted by Gasteiger charge is 2.27. The van der Waals surface area contributed by atoms with Crippen LogP contribution in [0.15, 0.2) is 58.3 Å². The van der Waals surface area contributed by atoms with E-state index in [0.717, 1.165) is 17.7 Å². The molecule has 0 radical (unpaired) electrons. The number of carbonyl (C=O) groups excluding carboxylic acids is 2. The van der Waals surface area contributed by atoms with Gasteiger partial charge < -0.3 is 10.6 Å². The molecule has 0 saturated heterocycles. The second kappa shape index (κ2) is 9.66. The smallest absolute Gasteiger partial charge is 0.237 e. The molecule has 160 valence electrons. The molecule has 2 amide bonds. The van der Waals surface area contributed by atoms with Crippen LogP contribution in [0.25, 0.3) is 0 Å². The van der Waals surface area contributed by atoms with Crippen LogP contribution in [0.4, 0.5) is 5.69 Å². The summed E-state index contributed by atoms with van der Waals surface area (Å²) in [6, 6.07) is 14.7. The van der Waals surface area contributed by atoms with E-state index in [4.69, 9.17) is 0 Å². The summed E-state index contributed by atoms with van der Waals surface area (Å²) in [4.78, 5) is 25.2. The van der Waals surface area contributed by atoms with Crippen molar-refractivity contribution in [2.24, 2.45) is 5.92 Å². The number of anilines is 1. The van der Waals surface area contributed by atoms with Crippen molar-refractivity contribution >= 4 is 39.1 Å². The van der Waals surface area contributed by atoms with Crippen LogP contribution in [0.1, 0.15) is 25.8 Å². The van der Waals surface area contributed by atoms with Gasteiger partial charge in [0, 0.05) is 17.4 Å². The number of carbonyl (C=O) groups is 2. The summed E-state index contributed by atoms with van der Waals surface area (Å²) in [5, 5.41) is 5.35. The molecule has 0 aliphatic carbocycles. The van der Waals surface area contributed by atoms with Crippen LogP contribution in [-0.2, 0) is 25.8 Å². The monoisotopic (exact) mass is 446 g/mol. The van der Waals surface area contributed by atoms with Crippen molar-refractivity contribution in [2.45, 2.75) is 41.7 Å². The number of sulfone groups is 1. The van der Waals surface area contributed by atoms with Gasteiger partial charge in [-0.05, 0) is 43.5 Å². The Morgan fingerprint density at radius 2 is 1.93 bits per heavy atom. The fourth-order valence-electron chi connectivity index (χ4n) is 3.21. The van der Waals surface area contributed by atoms with E-state index >= 15 is 0 Å². The van der Waals surface area contributed by atoms with E-state index in [1.807, 2.05) is 30.3 Å². The van der Waals surface area contributed by atoms with Gasteiger partial charge in [-0.3, -0.25) is 9.59 Å². The number of hydrogen-bond donors (Lipinski definition) is 2. The molecule has 2 N–H and O–H groups in total. The molecular formula is C22H26N2O4S2. The van der Waals surface area contributed by atoms with Gasteiger partial charge in [0.15, 0.2) is 9.84 Å². The van der Waals surface area contributed by atoms with Gasteiger partial charge in [0.1, 0.15) is 0 Å². The first-order chi connectivity index (χ1) is 14.3. The van der Waals surface area contributed by atoms with Crippen LogP contribution in [0.5, 0.6) is 0 Å². The SMILES string of the molecule is CC(CS(=O)(=O)c1ccc2c(c1)NC(=O)C(C)S2)C(=O)NCCCc1ccccc1.